The molecule has 3 heterocycles. The van der Waals surface area contributed by atoms with Crippen LogP contribution in [0.5, 0.6) is 5.88 Å². The second-order valence-corrected chi connectivity index (χ2v) is 5.81. The number of carbonyl (C=O) groups is 1. The lowest BCUT2D eigenvalue weighted by atomic mass is 10.1. The van der Waals surface area contributed by atoms with Crippen molar-refractivity contribution in [1.82, 2.24) is 24.8 Å². The van der Waals surface area contributed by atoms with Gasteiger partial charge in [0, 0.05) is 24.5 Å². The average Bonchev–Trinajstić information content (AvgIpc) is 3.10. The highest BCUT2D eigenvalue weighted by Crippen LogP contribution is 2.19. The number of likely N-dealkylation sites (tertiary alicyclic amines) is 1. The molecule has 4 rings (SSSR count). The third-order valence-corrected chi connectivity index (χ3v) is 4.16. The molecule has 122 valence electrons. The van der Waals surface area contributed by atoms with E-state index in [0.29, 0.717) is 18.0 Å². The van der Waals surface area contributed by atoms with E-state index in [9.17, 15) is 4.79 Å². The zero-order valence-electron chi connectivity index (χ0n) is 13.1. The first-order chi connectivity index (χ1) is 11.8. The summed E-state index contributed by atoms with van der Waals surface area (Å²) in [4.78, 5) is 29.9. The third-order valence-electron chi connectivity index (χ3n) is 4.16. The molecule has 1 amide bonds. The molecule has 24 heavy (non-hydrogen) atoms. The summed E-state index contributed by atoms with van der Waals surface area (Å²) >= 11 is 0. The molecule has 0 saturated carbocycles. The van der Waals surface area contributed by atoms with Crippen molar-refractivity contribution in [2.45, 2.75) is 18.9 Å². The highest BCUT2D eigenvalue weighted by Gasteiger charge is 2.26. The van der Waals surface area contributed by atoms with E-state index in [2.05, 4.69) is 19.9 Å². The van der Waals surface area contributed by atoms with Crippen molar-refractivity contribution in [2.24, 2.45) is 0 Å². The summed E-state index contributed by atoms with van der Waals surface area (Å²) in [6, 6.07) is 5.52. The Balaban J connectivity index is 1.47. The summed E-state index contributed by atoms with van der Waals surface area (Å²) < 4.78 is 5.85. The predicted molar refractivity (Wildman–Crippen MR) is 87.7 cm³/mol. The molecule has 1 saturated heterocycles. The Kier molecular flexibility index (Phi) is 3.82. The van der Waals surface area contributed by atoms with Crippen molar-refractivity contribution in [1.29, 1.82) is 0 Å². The maximum atomic E-state index is 12.8. The predicted octanol–water partition coefficient (Wildman–Crippen LogP) is 2.04. The number of nitrogens with one attached hydrogen (secondary N) is 1. The van der Waals surface area contributed by atoms with E-state index in [4.69, 9.17) is 4.74 Å². The van der Waals surface area contributed by atoms with Crippen LogP contribution in [0.1, 0.15) is 23.2 Å². The van der Waals surface area contributed by atoms with Gasteiger partial charge in [-0.25, -0.2) is 9.97 Å². The molecule has 1 aliphatic rings. The number of hydrogen-bond donors (Lipinski definition) is 1. The Hall–Kier alpha value is -2.96. The number of aromatic amines is 1. The van der Waals surface area contributed by atoms with Gasteiger partial charge in [-0.3, -0.25) is 9.78 Å². The SMILES string of the molecule is O=C(c1ccc2nc[nH]c2c1)N1CCC[C@@H](Oc2cnccn2)C1. The molecule has 0 spiro atoms. The van der Waals surface area contributed by atoms with E-state index >= 15 is 0 Å². The minimum absolute atomic E-state index is 0.0129. The zero-order chi connectivity index (χ0) is 16.4. The maximum absolute atomic E-state index is 12.8. The molecule has 7 heteroatoms. The first-order valence-electron chi connectivity index (χ1n) is 7.95. The van der Waals surface area contributed by atoms with Crippen molar-refractivity contribution >= 4 is 16.9 Å². The number of H-pyrrole nitrogens is 1. The Morgan fingerprint density at radius 3 is 3.12 bits per heavy atom. The molecule has 2 aromatic heterocycles. The van der Waals surface area contributed by atoms with E-state index in [-0.39, 0.29) is 12.0 Å². The highest BCUT2D eigenvalue weighted by atomic mass is 16.5. The Morgan fingerprint density at radius 2 is 2.25 bits per heavy atom. The average molecular weight is 323 g/mol. The molecule has 1 fully saturated rings. The van der Waals surface area contributed by atoms with Crippen LogP contribution in [0.25, 0.3) is 11.0 Å². The number of hydrogen-bond acceptors (Lipinski definition) is 5. The summed E-state index contributed by atoms with van der Waals surface area (Å²) in [5.74, 6) is 0.509. The van der Waals surface area contributed by atoms with E-state index in [1.165, 1.54) is 0 Å². The van der Waals surface area contributed by atoms with Crippen LogP contribution in [0, 0.1) is 0 Å². The number of piperidine rings is 1. The molecule has 3 aromatic rings. The number of amides is 1. The van der Waals surface area contributed by atoms with Crippen molar-refractivity contribution in [3.8, 4) is 5.88 Å². The Bertz CT molecular complexity index is 848. The van der Waals surface area contributed by atoms with Gasteiger partial charge in [0.15, 0.2) is 0 Å². The van der Waals surface area contributed by atoms with Gasteiger partial charge in [0.25, 0.3) is 5.91 Å². The quantitative estimate of drug-likeness (QED) is 0.797. The number of imidazole rings is 1. The number of ether oxygens (including phenoxy) is 1. The van der Waals surface area contributed by atoms with Gasteiger partial charge in [-0.2, -0.15) is 0 Å². The number of fused-ring (bicyclic) bond motifs is 1. The second-order valence-electron chi connectivity index (χ2n) is 5.81. The molecule has 1 N–H and O–H groups in total. The summed E-state index contributed by atoms with van der Waals surface area (Å²) in [7, 11) is 0. The molecular weight excluding hydrogens is 306 g/mol. The summed E-state index contributed by atoms with van der Waals surface area (Å²) in [6.07, 6.45) is 8.17. The smallest absolute Gasteiger partial charge is 0.254 e. The number of carbonyl (C=O) groups excluding carboxylic acids is 1. The van der Waals surface area contributed by atoms with Crippen molar-refractivity contribution < 1.29 is 9.53 Å². The fraction of sp³-hybridized carbons (Fsp3) is 0.294. The molecule has 1 atom stereocenters. The fourth-order valence-corrected chi connectivity index (χ4v) is 2.99. The monoisotopic (exact) mass is 323 g/mol. The normalized spacial score (nSPS) is 17.8. The molecular formula is C17H17N5O2. The summed E-state index contributed by atoms with van der Waals surface area (Å²) in [5, 5.41) is 0. The fourth-order valence-electron chi connectivity index (χ4n) is 2.99. The van der Waals surface area contributed by atoms with Gasteiger partial charge >= 0.3 is 0 Å². The minimum atomic E-state index is -0.0599. The zero-order valence-corrected chi connectivity index (χ0v) is 13.1. The van der Waals surface area contributed by atoms with Gasteiger partial charge in [-0.15, -0.1) is 0 Å². The largest absolute Gasteiger partial charge is 0.471 e. The van der Waals surface area contributed by atoms with Crippen LogP contribution in [0.15, 0.2) is 43.1 Å². The van der Waals surface area contributed by atoms with Crippen LogP contribution < -0.4 is 4.74 Å². The number of aromatic nitrogens is 4. The van der Waals surface area contributed by atoms with Gasteiger partial charge in [-0.1, -0.05) is 0 Å². The third kappa shape index (κ3) is 2.92. The van der Waals surface area contributed by atoms with Crippen LogP contribution in [-0.4, -0.2) is 49.9 Å². The van der Waals surface area contributed by atoms with Crippen molar-refractivity contribution in [2.75, 3.05) is 13.1 Å². The first kappa shape index (κ1) is 14.6. The van der Waals surface area contributed by atoms with Crippen LogP contribution in [0.3, 0.4) is 0 Å². The maximum Gasteiger partial charge on any atom is 0.254 e. The van der Waals surface area contributed by atoms with Crippen LogP contribution in [0.2, 0.25) is 0 Å². The molecule has 0 unspecified atom stereocenters. The summed E-state index contributed by atoms with van der Waals surface area (Å²) in [6.45, 7) is 1.29. The molecule has 0 bridgehead atoms. The van der Waals surface area contributed by atoms with Gasteiger partial charge in [0.05, 0.1) is 30.1 Å². The lowest BCUT2D eigenvalue weighted by Crippen LogP contribution is -2.44. The van der Waals surface area contributed by atoms with Gasteiger partial charge in [0.1, 0.15) is 6.10 Å². The molecule has 1 aliphatic heterocycles. The van der Waals surface area contributed by atoms with Crippen LogP contribution in [0.4, 0.5) is 0 Å². The standard InChI is InChI=1S/C17H17N5O2/c23-17(12-3-4-14-15(8-12)21-11-20-14)22-7-1-2-13(10-22)24-16-9-18-5-6-19-16/h3-6,8-9,11,13H,1-2,7,10H2,(H,20,21)/t13-/m1/s1. The van der Waals surface area contributed by atoms with E-state index in [1.807, 2.05) is 23.1 Å². The molecule has 0 aliphatic carbocycles. The van der Waals surface area contributed by atoms with Crippen LogP contribution >= 0.6 is 0 Å². The van der Waals surface area contributed by atoms with Gasteiger partial charge in [0.2, 0.25) is 5.88 Å². The van der Waals surface area contributed by atoms with Crippen molar-refractivity contribution in [3.05, 3.63) is 48.7 Å². The number of benzene rings is 1. The van der Waals surface area contributed by atoms with Crippen molar-refractivity contribution in [3.63, 3.8) is 0 Å². The highest BCUT2D eigenvalue weighted by molar-refractivity contribution is 5.97. The lowest BCUT2D eigenvalue weighted by Gasteiger charge is -2.32. The second kappa shape index (κ2) is 6.27. The Morgan fingerprint density at radius 1 is 1.29 bits per heavy atom. The minimum Gasteiger partial charge on any atom is -0.471 e. The lowest BCUT2D eigenvalue weighted by molar-refractivity contribution is 0.0527. The summed E-state index contributed by atoms with van der Waals surface area (Å²) in [5.41, 5.74) is 2.38. The van der Waals surface area contributed by atoms with Gasteiger partial charge < -0.3 is 14.6 Å². The van der Waals surface area contributed by atoms with Crippen LogP contribution in [-0.2, 0) is 0 Å². The van der Waals surface area contributed by atoms with E-state index in [1.54, 1.807) is 24.9 Å². The van der Waals surface area contributed by atoms with Gasteiger partial charge in [-0.05, 0) is 31.0 Å². The van der Waals surface area contributed by atoms with E-state index in [0.717, 1.165) is 30.4 Å². The molecule has 0 radical (unpaired) electrons. The topological polar surface area (TPSA) is 84.0 Å². The molecule has 1 aromatic carbocycles. The first-order valence-corrected chi connectivity index (χ1v) is 7.95. The molecule has 7 nitrogen and oxygen atoms in total. The Labute approximate surface area is 138 Å². The van der Waals surface area contributed by atoms with E-state index < -0.39 is 0 Å². The number of nitrogens with zero attached hydrogens (tertiary/aromatic N) is 4. The number of rotatable bonds is 3.